The zero-order valence-electron chi connectivity index (χ0n) is 12.8. The molecule has 0 spiro atoms. The first-order chi connectivity index (χ1) is 9.85. The second kappa shape index (κ2) is 7.63. The Labute approximate surface area is 126 Å². The van der Waals surface area contributed by atoms with Crippen LogP contribution in [0.5, 0.6) is 0 Å². The van der Waals surface area contributed by atoms with E-state index in [2.05, 4.69) is 10.0 Å². The van der Waals surface area contributed by atoms with Gasteiger partial charge in [-0.3, -0.25) is 0 Å². The van der Waals surface area contributed by atoms with Gasteiger partial charge < -0.3 is 16.2 Å². The molecule has 0 bridgehead atoms. The van der Waals surface area contributed by atoms with Crippen molar-refractivity contribution < 1.29 is 13.5 Å². The number of benzene rings is 1. The molecule has 6 nitrogen and oxygen atoms in total. The highest BCUT2D eigenvalue weighted by Crippen LogP contribution is 2.24. The molecule has 1 rings (SSSR count). The summed E-state index contributed by atoms with van der Waals surface area (Å²) < 4.78 is 26.3. The molecule has 5 N–H and O–H groups in total. The van der Waals surface area contributed by atoms with E-state index in [9.17, 15) is 13.5 Å². The maximum atomic E-state index is 12.0. The van der Waals surface area contributed by atoms with Crippen molar-refractivity contribution in [3.8, 4) is 0 Å². The Morgan fingerprint density at radius 3 is 2.43 bits per heavy atom. The van der Waals surface area contributed by atoms with Crippen LogP contribution in [0, 0.1) is 5.92 Å². The average molecular weight is 315 g/mol. The Balaban J connectivity index is 2.94. The fourth-order valence-electron chi connectivity index (χ4n) is 2.23. The number of hydrogen-bond donors (Lipinski definition) is 4. The standard InChI is InChI=1S/C14H25N3O3S/c1-4-10(5-2)13(18)9-17-12-7-6-11(15)8-14(12)21(19,20)16-3/h6-8,10,13,16-18H,4-5,9,15H2,1-3H3. The number of anilines is 2. The van der Waals surface area contributed by atoms with Crippen LogP contribution in [0.2, 0.25) is 0 Å². The van der Waals surface area contributed by atoms with Gasteiger partial charge in [0.2, 0.25) is 10.0 Å². The third-order valence-electron chi connectivity index (χ3n) is 3.66. The van der Waals surface area contributed by atoms with Gasteiger partial charge >= 0.3 is 0 Å². The van der Waals surface area contributed by atoms with E-state index < -0.39 is 16.1 Å². The van der Waals surface area contributed by atoms with Crippen molar-refractivity contribution in [2.24, 2.45) is 5.92 Å². The Kier molecular flexibility index (Phi) is 6.44. The highest BCUT2D eigenvalue weighted by molar-refractivity contribution is 7.89. The SMILES string of the molecule is CCC(CC)C(O)CNc1ccc(N)cc1S(=O)(=O)NC. The molecule has 21 heavy (non-hydrogen) atoms. The van der Waals surface area contributed by atoms with Gasteiger partial charge in [0.05, 0.1) is 11.8 Å². The minimum Gasteiger partial charge on any atom is -0.399 e. The predicted octanol–water partition coefficient (Wildman–Crippen LogP) is 1.39. The molecule has 1 unspecified atom stereocenters. The molecule has 0 aliphatic carbocycles. The number of aliphatic hydroxyl groups excluding tert-OH is 1. The van der Waals surface area contributed by atoms with Gasteiger partial charge in [0, 0.05) is 12.2 Å². The minimum absolute atomic E-state index is 0.0850. The first-order valence-electron chi connectivity index (χ1n) is 7.10. The first kappa shape index (κ1) is 17.7. The number of sulfonamides is 1. The van der Waals surface area contributed by atoms with E-state index in [4.69, 9.17) is 5.73 Å². The molecule has 1 aromatic carbocycles. The molecular weight excluding hydrogens is 290 g/mol. The number of aliphatic hydroxyl groups is 1. The van der Waals surface area contributed by atoms with Crippen LogP contribution in [0.4, 0.5) is 11.4 Å². The van der Waals surface area contributed by atoms with Gasteiger partial charge in [0.15, 0.2) is 0 Å². The van der Waals surface area contributed by atoms with Crippen LogP contribution in [0.25, 0.3) is 0 Å². The molecule has 0 aliphatic heterocycles. The number of hydrogen-bond acceptors (Lipinski definition) is 5. The summed E-state index contributed by atoms with van der Waals surface area (Å²) in [7, 11) is -2.26. The Morgan fingerprint density at radius 1 is 1.29 bits per heavy atom. The molecule has 0 saturated heterocycles. The van der Waals surface area contributed by atoms with Crippen molar-refractivity contribution in [3.63, 3.8) is 0 Å². The summed E-state index contributed by atoms with van der Waals surface area (Å²) in [4.78, 5) is 0.0850. The summed E-state index contributed by atoms with van der Waals surface area (Å²) in [6.45, 7) is 4.34. The van der Waals surface area contributed by atoms with Crippen molar-refractivity contribution in [1.82, 2.24) is 4.72 Å². The predicted molar refractivity (Wildman–Crippen MR) is 85.7 cm³/mol. The van der Waals surface area contributed by atoms with Crippen LogP contribution in [-0.4, -0.2) is 33.2 Å². The van der Waals surface area contributed by atoms with Crippen LogP contribution in [-0.2, 0) is 10.0 Å². The second-order valence-corrected chi connectivity index (χ2v) is 6.84. The van der Waals surface area contributed by atoms with Crippen molar-refractivity contribution in [3.05, 3.63) is 18.2 Å². The fourth-order valence-corrected chi connectivity index (χ4v) is 3.17. The molecule has 0 saturated carbocycles. The van der Waals surface area contributed by atoms with E-state index in [-0.39, 0.29) is 10.8 Å². The quantitative estimate of drug-likeness (QED) is 0.543. The van der Waals surface area contributed by atoms with E-state index in [0.717, 1.165) is 12.8 Å². The largest absolute Gasteiger partial charge is 0.399 e. The smallest absolute Gasteiger partial charge is 0.242 e. The van der Waals surface area contributed by atoms with Crippen LogP contribution in [0.3, 0.4) is 0 Å². The summed E-state index contributed by atoms with van der Waals surface area (Å²) >= 11 is 0. The van der Waals surface area contributed by atoms with E-state index >= 15 is 0 Å². The summed E-state index contributed by atoms with van der Waals surface area (Å²) in [5, 5.41) is 13.1. The fraction of sp³-hybridized carbons (Fsp3) is 0.571. The first-order valence-corrected chi connectivity index (χ1v) is 8.59. The van der Waals surface area contributed by atoms with Crippen molar-refractivity contribution in [2.45, 2.75) is 37.7 Å². The van der Waals surface area contributed by atoms with Crippen LogP contribution >= 0.6 is 0 Å². The number of rotatable bonds is 8. The molecule has 1 atom stereocenters. The van der Waals surface area contributed by atoms with Crippen LogP contribution in [0.15, 0.2) is 23.1 Å². The lowest BCUT2D eigenvalue weighted by molar-refractivity contribution is 0.114. The molecule has 1 aromatic rings. The highest BCUT2D eigenvalue weighted by atomic mass is 32.2. The molecule has 0 fully saturated rings. The van der Waals surface area contributed by atoms with Gasteiger partial charge in [-0.2, -0.15) is 0 Å². The van der Waals surface area contributed by atoms with Gasteiger partial charge in [0.1, 0.15) is 4.90 Å². The average Bonchev–Trinajstić information content (AvgIpc) is 2.47. The monoisotopic (exact) mass is 315 g/mol. The summed E-state index contributed by atoms with van der Waals surface area (Å²) in [5.74, 6) is 0.190. The lowest BCUT2D eigenvalue weighted by Crippen LogP contribution is -2.28. The Morgan fingerprint density at radius 2 is 1.90 bits per heavy atom. The van der Waals surface area contributed by atoms with Crippen molar-refractivity contribution >= 4 is 21.4 Å². The third kappa shape index (κ3) is 4.59. The van der Waals surface area contributed by atoms with E-state index in [0.29, 0.717) is 17.9 Å². The minimum atomic E-state index is -3.60. The number of nitrogen functional groups attached to an aromatic ring is 1. The Hall–Kier alpha value is -1.31. The molecular formula is C14H25N3O3S. The number of nitrogens with one attached hydrogen (secondary N) is 2. The summed E-state index contributed by atoms with van der Waals surface area (Å²) in [6, 6.07) is 4.64. The molecule has 120 valence electrons. The number of nitrogens with two attached hydrogens (primary N) is 1. The van der Waals surface area contributed by atoms with Crippen LogP contribution < -0.4 is 15.8 Å². The maximum Gasteiger partial charge on any atom is 0.242 e. The van der Waals surface area contributed by atoms with E-state index in [1.807, 2.05) is 13.8 Å². The van der Waals surface area contributed by atoms with E-state index in [1.165, 1.54) is 13.1 Å². The topological polar surface area (TPSA) is 104 Å². The highest BCUT2D eigenvalue weighted by Gasteiger charge is 2.19. The maximum absolute atomic E-state index is 12.0. The van der Waals surface area contributed by atoms with Crippen molar-refractivity contribution in [2.75, 3.05) is 24.6 Å². The molecule has 0 amide bonds. The molecule has 0 aliphatic rings. The normalized spacial score (nSPS) is 13.4. The second-order valence-electron chi connectivity index (χ2n) is 4.99. The molecule has 0 heterocycles. The zero-order valence-corrected chi connectivity index (χ0v) is 13.6. The zero-order chi connectivity index (χ0) is 16.0. The molecule has 0 radical (unpaired) electrons. The molecule has 7 heteroatoms. The van der Waals surface area contributed by atoms with Crippen molar-refractivity contribution in [1.29, 1.82) is 0 Å². The Bertz CT molecular complexity index is 557. The lowest BCUT2D eigenvalue weighted by atomic mass is 9.96. The summed E-state index contributed by atoms with van der Waals surface area (Å²) in [6.07, 6.45) is 1.23. The van der Waals surface area contributed by atoms with E-state index in [1.54, 1.807) is 12.1 Å². The van der Waals surface area contributed by atoms with Crippen LogP contribution in [0.1, 0.15) is 26.7 Å². The summed E-state index contributed by atoms with van der Waals surface area (Å²) in [5.41, 5.74) is 6.46. The van der Waals surface area contributed by atoms with Gasteiger partial charge in [-0.25, -0.2) is 13.1 Å². The lowest BCUT2D eigenvalue weighted by Gasteiger charge is -2.21. The van der Waals surface area contributed by atoms with Gasteiger partial charge in [-0.15, -0.1) is 0 Å². The molecule has 0 aromatic heterocycles. The van der Waals surface area contributed by atoms with Gasteiger partial charge in [-0.05, 0) is 31.2 Å². The van der Waals surface area contributed by atoms with Gasteiger partial charge in [0.25, 0.3) is 0 Å². The third-order valence-corrected chi connectivity index (χ3v) is 5.11. The van der Waals surface area contributed by atoms with Gasteiger partial charge in [-0.1, -0.05) is 26.7 Å².